The van der Waals surface area contributed by atoms with Gasteiger partial charge in [0, 0.05) is 17.8 Å². The van der Waals surface area contributed by atoms with Crippen LogP contribution in [0.1, 0.15) is 18.1 Å². The summed E-state index contributed by atoms with van der Waals surface area (Å²) in [6.45, 7) is 2.07. The molecular formula is C21H21F2N3O3. The predicted octanol–water partition coefficient (Wildman–Crippen LogP) is 3.89. The summed E-state index contributed by atoms with van der Waals surface area (Å²) in [5.41, 5.74) is 1.51. The minimum atomic E-state index is -0.684. The van der Waals surface area contributed by atoms with E-state index in [9.17, 15) is 13.6 Å². The fraction of sp³-hybridized carbons (Fsp3) is 0.238. The third kappa shape index (κ3) is 4.71. The van der Waals surface area contributed by atoms with Gasteiger partial charge in [0.15, 0.2) is 0 Å². The molecule has 0 radical (unpaired) electrons. The number of aryl methyl sites for hydroxylation is 1. The van der Waals surface area contributed by atoms with E-state index < -0.39 is 17.2 Å². The SMILES string of the molecule is CCc1ccc(OC)cc1Nc1nc(=O)c(OC)cn1Cc1cc(F)cc(F)c1. The summed E-state index contributed by atoms with van der Waals surface area (Å²) < 4.78 is 39.1. The second kappa shape index (κ2) is 8.72. The molecule has 3 rings (SSSR count). The van der Waals surface area contributed by atoms with Crippen LogP contribution in [0.2, 0.25) is 0 Å². The third-order valence-electron chi connectivity index (χ3n) is 4.40. The number of benzene rings is 2. The summed E-state index contributed by atoms with van der Waals surface area (Å²) in [6, 6.07) is 8.79. The minimum Gasteiger partial charge on any atom is -0.497 e. The topological polar surface area (TPSA) is 65.4 Å². The molecule has 0 amide bonds. The van der Waals surface area contributed by atoms with Crippen molar-refractivity contribution in [1.29, 1.82) is 0 Å². The van der Waals surface area contributed by atoms with Crippen molar-refractivity contribution in [2.75, 3.05) is 19.5 Å². The van der Waals surface area contributed by atoms with Crippen molar-refractivity contribution >= 4 is 11.6 Å². The summed E-state index contributed by atoms with van der Waals surface area (Å²) in [7, 11) is 2.92. The van der Waals surface area contributed by atoms with Gasteiger partial charge >= 0.3 is 5.56 Å². The average molecular weight is 401 g/mol. The zero-order valence-corrected chi connectivity index (χ0v) is 16.3. The second-order valence-electron chi connectivity index (χ2n) is 6.35. The average Bonchev–Trinajstić information content (AvgIpc) is 2.69. The zero-order chi connectivity index (χ0) is 21.0. The number of halogens is 2. The molecule has 1 aromatic heterocycles. The molecule has 0 aliphatic carbocycles. The number of nitrogens with zero attached hydrogens (tertiary/aromatic N) is 2. The number of ether oxygens (including phenoxy) is 2. The fourth-order valence-electron chi connectivity index (χ4n) is 2.96. The summed E-state index contributed by atoms with van der Waals surface area (Å²) in [4.78, 5) is 16.3. The highest BCUT2D eigenvalue weighted by molar-refractivity contribution is 5.61. The van der Waals surface area contributed by atoms with Gasteiger partial charge in [0.25, 0.3) is 0 Å². The van der Waals surface area contributed by atoms with Gasteiger partial charge in [0.1, 0.15) is 17.4 Å². The lowest BCUT2D eigenvalue weighted by atomic mass is 10.1. The van der Waals surface area contributed by atoms with Crippen molar-refractivity contribution < 1.29 is 18.3 Å². The van der Waals surface area contributed by atoms with E-state index >= 15 is 0 Å². The molecule has 0 unspecified atom stereocenters. The van der Waals surface area contributed by atoms with Crippen LogP contribution in [0.3, 0.4) is 0 Å². The van der Waals surface area contributed by atoms with E-state index in [1.54, 1.807) is 17.7 Å². The fourth-order valence-corrected chi connectivity index (χ4v) is 2.96. The molecule has 0 aliphatic rings. The van der Waals surface area contributed by atoms with Crippen LogP contribution < -0.4 is 20.3 Å². The largest absolute Gasteiger partial charge is 0.497 e. The second-order valence-corrected chi connectivity index (χ2v) is 6.35. The number of hydrogen-bond acceptors (Lipinski definition) is 5. The van der Waals surface area contributed by atoms with E-state index in [2.05, 4.69) is 10.3 Å². The molecule has 0 spiro atoms. The number of aromatic nitrogens is 2. The van der Waals surface area contributed by atoms with Crippen molar-refractivity contribution in [3.05, 3.63) is 75.7 Å². The lowest BCUT2D eigenvalue weighted by Gasteiger charge is -2.17. The van der Waals surface area contributed by atoms with Gasteiger partial charge in [-0.15, -0.1) is 0 Å². The van der Waals surface area contributed by atoms with Gasteiger partial charge in [0.05, 0.1) is 27.0 Å². The number of hydrogen-bond donors (Lipinski definition) is 1. The molecule has 0 aliphatic heterocycles. The minimum absolute atomic E-state index is 0.0220. The van der Waals surface area contributed by atoms with Crippen molar-refractivity contribution in [2.24, 2.45) is 0 Å². The molecule has 6 nitrogen and oxygen atoms in total. The molecule has 3 aromatic rings. The number of anilines is 2. The normalized spacial score (nSPS) is 10.7. The summed E-state index contributed by atoms with van der Waals surface area (Å²) in [5.74, 6) is -0.496. The maximum atomic E-state index is 13.6. The Bertz CT molecular complexity index is 1060. The maximum Gasteiger partial charge on any atom is 0.316 e. The van der Waals surface area contributed by atoms with Crippen LogP contribution in [0.5, 0.6) is 11.5 Å². The Balaban J connectivity index is 2.06. The first-order valence-corrected chi connectivity index (χ1v) is 8.98. The van der Waals surface area contributed by atoms with Crippen LogP contribution in [0.15, 0.2) is 47.4 Å². The standard InChI is InChI=1S/C21H21F2N3O3/c1-4-14-5-6-17(28-2)10-18(14)24-21-25-20(27)19(29-3)12-26(21)11-13-7-15(22)9-16(23)8-13/h5-10,12H,4,11H2,1-3H3,(H,24,25,27). The monoisotopic (exact) mass is 401 g/mol. The Hall–Kier alpha value is -3.42. The van der Waals surface area contributed by atoms with Gasteiger partial charge in [-0.2, -0.15) is 4.98 Å². The van der Waals surface area contributed by atoms with Gasteiger partial charge < -0.3 is 19.4 Å². The Morgan fingerprint density at radius 1 is 1.07 bits per heavy atom. The molecule has 29 heavy (non-hydrogen) atoms. The first-order valence-electron chi connectivity index (χ1n) is 8.98. The van der Waals surface area contributed by atoms with Gasteiger partial charge in [-0.1, -0.05) is 13.0 Å². The highest BCUT2D eigenvalue weighted by Crippen LogP contribution is 2.26. The van der Waals surface area contributed by atoms with Gasteiger partial charge in [0.2, 0.25) is 11.7 Å². The Kier molecular flexibility index (Phi) is 6.11. The number of nitrogens with one attached hydrogen (secondary N) is 1. The van der Waals surface area contributed by atoms with E-state index in [0.717, 1.165) is 18.1 Å². The van der Waals surface area contributed by atoms with Crippen molar-refractivity contribution in [1.82, 2.24) is 9.55 Å². The summed E-state index contributed by atoms with van der Waals surface area (Å²) in [6.07, 6.45) is 2.19. The lowest BCUT2D eigenvalue weighted by Crippen LogP contribution is -2.19. The zero-order valence-electron chi connectivity index (χ0n) is 16.3. The quantitative estimate of drug-likeness (QED) is 0.651. The molecule has 1 N–H and O–H groups in total. The van der Waals surface area contributed by atoms with Crippen LogP contribution >= 0.6 is 0 Å². The molecule has 8 heteroatoms. The first-order chi connectivity index (χ1) is 13.9. The summed E-state index contributed by atoms with van der Waals surface area (Å²) >= 11 is 0. The van der Waals surface area contributed by atoms with E-state index in [4.69, 9.17) is 9.47 Å². The highest BCUT2D eigenvalue weighted by Gasteiger charge is 2.13. The molecular weight excluding hydrogens is 380 g/mol. The number of methoxy groups -OCH3 is 2. The molecule has 2 aromatic carbocycles. The smallest absolute Gasteiger partial charge is 0.316 e. The molecule has 1 heterocycles. The molecule has 0 saturated carbocycles. The van der Waals surface area contributed by atoms with Crippen molar-refractivity contribution in [3.63, 3.8) is 0 Å². The third-order valence-corrected chi connectivity index (χ3v) is 4.40. The van der Waals surface area contributed by atoms with Crippen molar-refractivity contribution in [2.45, 2.75) is 19.9 Å². The molecule has 0 bridgehead atoms. The molecule has 152 valence electrons. The Morgan fingerprint density at radius 2 is 1.79 bits per heavy atom. The van der Waals surface area contributed by atoms with Gasteiger partial charge in [-0.3, -0.25) is 4.79 Å². The van der Waals surface area contributed by atoms with E-state index in [-0.39, 0.29) is 18.2 Å². The van der Waals surface area contributed by atoms with Crippen LogP contribution in [0.4, 0.5) is 20.4 Å². The van der Waals surface area contributed by atoms with Gasteiger partial charge in [-0.05, 0) is 35.7 Å². The summed E-state index contributed by atoms with van der Waals surface area (Å²) in [5, 5.41) is 3.14. The van der Waals surface area contributed by atoms with Crippen LogP contribution in [0, 0.1) is 11.6 Å². The Morgan fingerprint density at radius 3 is 2.41 bits per heavy atom. The highest BCUT2D eigenvalue weighted by atomic mass is 19.1. The first kappa shape index (κ1) is 20.3. The number of rotatable bonds is 7. The van der Waals surface area contributed by atoms with Crippen LogP contribution in [0.25, 0.3) is 0 Å². The van der Waals surface area contributed by atoms with Crippen LogP contribution in [-0.4, -0.2) is 23.8 Å². The maximum absolute atomic E-state index is 13.6. The lowest BCUT2D eigenvalue weighted by molar-refractivity contribution is 0.402. The molecule has 0 atom stereocenters. The van der Waals surface area contributed by atoms with Crippen LogP contribution in [-0.2, 0) is 13.0 Å². The van der Waals surface area contributed by atoms with E-state index in [1.807, 2.05) is 19.1 Å². The molecule has 0 saturated heterocycles. The van der Waals surface area contributed by atoms with Gasteiger partial charge in [-0.25, -0.2) is 8.78 Å². The Labute approximate surface area is 166 Å². The van der Waals surface area contributed by atoms with E-state index in [0.29, 0.717) is 17.0 Å². The predicted molar refractivity (Wildman–Crippen MR) is 106 cm³/mol. The molecule has 0 fully saturated rings. The van der Waals surface area contributed by atoms with E-state index in [1.165, 1.54) is 25.4 Å². The van der Waals surface area contributed by atoms with Crippen molar-refractivity contribution in [3.8, 4) is 11.5 Å².